The molecule has 0 saturated heterocycles. The number of halogens is 2. The van der Waals surface area contributed by atoms with E-state index >= 15 is 0 Å². The van der Waals surface area contributed by atoms with Gasteiger partial charge in [0, 0.05) is 16.4 Å². The van der Waals surface area contributed by atoms with E-state index in [1.807, 2.05) is 6.92 Å². The predicted octanol–water partition coefficient (Wildman–Crippen LogP) is 2.15. The van der Waals surface area contributed by atoms with Gasteiger partial charge in [-0.15, -0.1) is 0 Å². The fourth-order valence-corrected chi connectivity index (χ4v) is 0.376. The summed E-state index contributed by atoms with van der Waals surface area (Å²) >= 11 is 8.01. The first-order chi connectivity index (χ1) is 3.63. The van der Waals surface area contributed by atoms with E-state index < -0.39 is 5.43 Å². The molecule has 0 amide bonds. The molecular formula is C4H6BrClO2. The Morgan fingerprint density at radius 1 is 2.00 bits per heavy atom. The Balaban J connectivity index is 3.05. The van der Waals surface area contributed by atoms with Crippen molar-refractivity contribution in [3.8, 4) is 0 Å². The van der Waals surface area contributed by atoms with Gasteiger partial charge in [0.15, 0.2) is 0 Å². The van der Waals surface area contributed by atoms with Crippen LogP contribution in [0.3, 0.4) is 0 Å². The zero-order valence-corrected chi connectivity index (χ0v) is 6.70. The van der Waals surface area contributed by atoms with Crippen LogP contribution in [-0.2, 0) is 4.74 Å². The molecule has 0 N–H and O–H groups in total. The van der Waals surface area contributed by atoms with Crippen molar-refractivity contribution >= 4 is 33.0 Å². The van der Waals surface area contributed by atoms with E-state index in [1.54, 1.807) is 0 Å². The van der Waals surface area contributed by atoms with Gasteiger partial charge in [-0.3, -0.25) is 0 Å². The lowest BCUT2D eigenvalue weighted by Gasteiger charge is -1.99. The van der Waals surface area contributed by atoms with E-state index in [9.17, 15) is 4.79 Å². The van der Waals surface area contributed by atoms with Crippen molar-refractivity contribution in [3.05, 3.63) is 0 Å². The van der Waals surface area contributed by atoms with Crippen LogP contribution >= 0.6 is 27.5 Å². The maximum Gasteiger partial charge on any atom is 0.403 e. The van der Waals surface area contributed by atoms with Crippen molar-refractivity contribution < 1.29 is 9.53 Å². The van der Waals surface area contributed by atoms with Crippen LogP contribution in [0.25, 0.3) is 0 Å². The topological polar surface area (TPSA) is 26.3 Å². The second-order valence-corrected chi connectivity index (χ2v) is 3.20. The Morgan fingerprint density at radius 3 is 2.62 bits per heavy atom. The Labute approximate surface area is 61.3 Å². The zero-order chi connectivity index (χ0) is 6.57. The van der Waals surface area contributed by atoms with E-state index in [-0.39, 0.29) is 4.83 Å². The summed E-state index contributed by atoms with van der Waals surface area (Å²) in [6.45, 7) is 2.18. The van der Waals surface area contributed by atoms with Gasteiger partial charge >= 0.3 is 5.43 Å². The van der Waals surface area contributed by atoms with Gasteiger partial charge in [0.25, 0.3) is 0 Å². The third-order valence-electron chi connectivity index (χ3n) is 0.426. The van der Waals surface area contributed by atoms with E-state index in [0.717, 1.165) is 0 Å². The van der Waals surface area contributed by atoms with Gasteiger partial charge in [-0.05, 0) is 6.92 Å². The monoisotopic (exact) mass is 200 g/mol. The lowest BCUT2D eigenvalue weighted by atomic mass is 10.5. The van der Waals surface area contributed by atoms with Gasteiger partial charge in [-0.1, -0.05) is 15.9 Å². The molecule has 1 unspecified atom stereocenters. The highest BCUT2D eigenvalue weighted by Gasteiger charge is 1.98. The maximum absolute atomic E-state index is 9.87. The molecule has 0 aliphatic carbocycles. The molecule has 0 aromatic rings. The van der Waals surface area contributed by atoms with Crippen LogP contribution in [0, 0.1) is 0 Å². The van der Waals surface area contributed by atoms with Crippen LogP contribution in [0.2, 0.25) is 0 Å². The highest BCUT2D eigenvalue weighted by molar-refractivity contribution is 9.09. The molecule has 1 atom stereocenters. The molecule has 0 rings (SSSR count). The lowest BCUT2D eigenvalue weighted by Crippen LogP contribution is -2.04. The molecule has 48 valence electrons. The zero-order valence-electron chi connectivity index (χ0n) is 4.36. The fourth-order valence-electron chi connectivity index (χ4n) is 0.180. The third-order valence-corrected chi connectivity index (χ3v) is 0.800. The summed E-state index contributed by atoms with van der Waals surface area (Å²) in [5.74, 6) is 0. The summed E-state index contributed by atoms with van der Waals surface area (Å²) in [7, 11) is 0. The predicted molar refractivity (Wildman–Crippen MR) is 35.6 cm³/mol. The average molecular weight is 201 g/mol. The maximum atomic E-state index is 9.87. The van der Waals surface area contributed by atoms with Crippen molar-refractivity contribution in [2.45, 2.75) is 11.8 Å². The van der Waals surface area contributed by atoms with Crippen LogP contribution < -0.4 is 0 Å². The molecule has 0 bridgehead atoms. The summed E-state index contributed by atoms with van der Waals surface area (Å²) < 4.78 is 4.38. The van der Waals surface area contributed by atoms with Crippen LogP contribution in [0.1, 0.15) is 6.92 Å². The molecular weight excluding hydrogens is 195 g/mol. The third kappa shape index (κ3) is 6.24. The quantitative estimate of drug-likeness (QED) is 0.505. The van der Waals surface area contributed by atoms with Crippen LogP contribution in [0.5, 0.6) is 0 Å². The molecule has 0 aliphatic rings. The molecule has 0 saturated carbocycles. The average Bonchev–Trinajstić information content (AvgIpc) is 1.61. The molecule has 2 nitrogen and oxygen atoms in total. The first-order valence-corrected chi connectivity index (χ1v) is 3.38. The van der Waals surface area contributed by atoms with Gasteiger partial charge < -0.3 is 4.74 Å². The van der Waals surface area contributed by atoms with Gasteiger partial charge in [0.2, 0.25) is 0 Å². The Hall–Kier alpha value is 0.240. The fraction of sp³-hybridized carbons (Fsp3) is 0.750. The molecule has 0 heterocycles. The Kier molecular flexibility index (Phi) is 4.28. The number of carbonyl (C=O) groups excluding carboxylic acids is 1. The van der Waals surface area contributed by atoms with Crippen molar-refractivity contribution in [2.75, 3.05) is 6.61 Å². The summed E-state index contributed by atoms with van der Waals surface area (Å²) in [6.07, 6.45) is 0. The standard InChI is InChI=1S/C4H6BrClO2/c1-3(5)2-8-4(6)7/h3H,2H2,1H3. The number of hydrogen-bond acceptors (Lipinski definition) is 2. The second kappa shape index (κ2) is 4.15. The summed E-state index contributed by atoms with van der Waals surface area (Å²) in [6, 6.07) is 0. The van der Waals surface area contributed by atoms with Crippen molar-refractivity contribution in [1.82, 2.24) is 0 Å². The highest BCUT2D eigenvalue weighted by Crippen LogP contribution is 1.98. The molecule has 4 heteroatoms. The van der Waals surface area contributed by atoms with Gasteiger partial charge in [0.05, 0.1) is 0 Å². The van der Waals surface area contributed by atoms with Crippen LogP contribution in [0.15, 0.2) is 0 Å². The highest BCUT2D eigenvalue weighted by atomic mass is 79.9. The number of rotatable bonds is 2. The number of carbonyl (C=O) groups is 1. The van der Waals surface area contributed by atoms with Crippen LogP contribution in [-0.4, -0.2) is 16.9 Å². The van der Waals surface area contributed by atoms with E-state index in [4.69, 9.17) is 11.6 Å². The van der Waals surface area contributed by atoms with Crippen molar-refractivity contribution in [3.63, 3.8) is 0 Å². The molecule has 0 aromatic carbocycles. The first kappa shape index (κ1) is 8.24. The van der Waals surface area contributed by atoms with Crippen molar-refractivity contribution in [1.29, 1.82) is 0 Å². The largest absolute Gasteiger partial charge is 0.453 e. The Morgan fingerprint density at radius 2 is 2.50 bits per heavy atom. The van der Waals surface area contributed by atoms with Crippen LogP contribution in [0.4, 0.5) is 4.79 Å². The SMILES string of the molecule is CC(Br)COC(=O)Cl. The number of alkyl halides is 1. The number of ether oxygens (including phenoxy) is 1. The van der Waals surface area contributed by atoms with Gasteiger partial charge in [-0.2, -0.15) is 0 Å². The summed E-state index contributed by atoms with van der Waals surface area (Å²) in [5.41, 5.74) is -0.753. The molecule has 0 radical (unpaired) electrons. The Bertz CT molecular complexity index is 84.1. The van der Waals surface area contributed by atoms with Crippen molar-refractivity contribution in [2.24, 2.45) is 0 Å². The van der Waals surface area contributed by atoms with Gasteiger partial charge in [0.1, 0.15) is 6.61 Å². The normalized spacial score (nSPS) is 12.9. The lowest BCUT2D eigenvalue weighted by molar-refractivity contribution is 0.175. The minimum absolute atomic E-state index is 0.171. The molecule has 8 heavy (non-hydrogen) atoms. The molecule has 0 fully saturated rings. The van der Waals surface area contributed by atoms with Gasteiger partial charge in [-0.25, -0.2) is 4.79 Å². The number of hydrogen-bond donors (Lipinski definition) is 0. The van der Waals surface area contributed by atoms with E-state index in [0.29, 0.717) is 6.61 Å². The summed E-state index contributed by atoms with van der Waals surface area (Å²) in [5, 5.41) is 0. The minimum Gasteiger partial charge on any atom is -0.453 e. The first-order valence-electron chi connectivity index (χ1n) is 2.09. The minimum atomic E-state index is -0.753. The molecule has 0 aromatic heterocycles. The summed E-state index contributed by atoms with van der Waals surface area (Å²) in [4.78, 5) is 10.0. The van der Waals surface area contributed by atoms with E-state index in [2.05, 4.69) is 20.7 Å². The second-order valence-electron chi connectivity index (χ2n) is 1.33. The molecule has 0 spiro atoms. The molecule has 0 aliphatic heterocycles. The smallest absolute Gasteiger partial charge is 0.403 e. The van der Waals surface area contributed by atoms with E-state index in [1.165, 1.54) is 0 Å².